The fourth-order valence-electron chi connectivity index (χ4n) is 3.72. The molecular weight excluding hydrogens is 288 g/mol. The van der Waals surface area contributed by atoms with Crippen LogP contribution in [0.2, 0.25) is 0 Å². The number of benzene rings is 1. The van der Waals surface area contributed by atoms with Gasteiger partial charge >= 0.3 is 0 Å². The van der Waals surface area contributed by atoms with E-state index in [0.717, 1.165) is 51.7 Å². The van der Waals surface area contributed by atoms with Crippen molar-refractivity contribution in [3.05, 3.63) is 35.9 Å². The summed E-state index contributed by atoms with van der Waals surface area (Å²) in [5.74, 6) is 0.128. The molecule has 0 bridgehead atoms. The molecule has 1 heterocycles. The molecule has 1 amide bonds. The number of rotatable bonds is 4. The van der Waals surface area contributed by atoms with Gasteiger partial charge in [-0.3, -0.25) is 9.69 Å². The summed E-state index contributed by atoms with van der Waals surface area (Å²) < 4.78 is 0. The van der Waals surface area contributed by atoms with Crippen LogP contribution in [-0.2, 0) is 11.3 Å². The lowest BCUT2D eigenvalue weighted by Gasteiger charge is -2.39. The Morgan fingerprint density at radius 3 is 2.57 bits per heavy atom. The van der Waals surface area contributed by atoms with E-state index in [4.69, 9.17) is 0 Å². The quantitative estimate of drug-likeness (QED) is 0.896. The topological polar surface area (TPSA) is 52.6 Å². The molecule has 2 N–H and O–H groups in total. The molecule has 4 heteroatoms. The number of carbonyl (C=O) groups excluding carboxylic acids is 1. The summed E-state index contributed by atoms with van der Waals surface area (Å²) in [6.45, 7) is 4.93. The number of piperidine rings is 1. The number of aliphatic hydroxyl groups is 1. The van der Waals surface area contributed by atoms with Crippen molar-refractivity contribution >= 4 is 5.91 Å². The van der Waals surface area contributed by atoms with Gasteiger partial charge in [-0.25, -0.2) is 0 Å². The fraction of sp³-hybridized carbons (Fsp3) is 0.632. The van der Waals surface area contributed by atoms with Gasteiger partial charge in [-0.1, -0.05) is 37.3 Å². The first kappa shape index (κ1) is 16.5. The molecule has 4 nitrogen and oxygen atoms in total. The maximum atomic E-state index is 12.6. The molecule has 2 fully saturated rings. The first-order chi connectivity index (χ1) is 11.1. The second-order valence-corrected chi connectivity index (χ2v) is 7.40. The highest BCUT2D eigenvalue weighted by molar-refractivity contribution is 5.82. The predicted octanol–water partition coefficient (Wildman–Crippen LogP) is 2.32. The maximum Gasteiger partial charge on any atom is 0.226 e. The van der Waals surface area contributed by atoms with Crippen molar-refractivity contribution in [2.24, 2.45) is 5.41 Å². The molecule has 1 saturated heterocycles. The highest BCUT2D eigenvalue weighted by Gasteiger charge is 2.39. The van der Waals surface area contributed by atoms with Gasteiger partial charge in [-0.15, -0.1) is 0 Å². The summed E-state index contributed by atoms with van der Waals surface area (Å²) in [5, 5.41) is 13.0. The Balaban J connectivity index is 1.51. The minimum atomic E-state index is -0.360. The summed E-state index contributed by atoms with van der Waals surface area (Å²) in [6, 6.07) is 10.5. The summed E-state index contributed by atoms with van der Waals surface area (Å²) in [5.41, 5.74) is 1.03. The molecular formula is C19H28N2O2. The second-order valence-electron chi connectivity index (χ2n) is 7.40. The SMILES string of the molecule is CC1(C(=O)N[C@H]2CCC[C@H]2O)CCN(Cc2ccccc2)CC1. The Morgan fingerprint density at radius 2 is 1.96 bits per heavy atom. The largest absolute Gasteiger partial charge is 0.391 e. The Hall–Kier alpha value is -1.39. The minimum Gasteiger partial charge on any atom is -0.391 e. The van der Waals surface area contributed by atoms with Crippen LogP contribution in [-0.4, -0.2) is 41.1 Å². The van der Waals surface area contributed by atoms with E-state index < -0.39 is 0 Å². The van der Waals surface area contributed by atoms with E-state index in [0.29, 0.717) is 0 Å². The van der Waals surface area contributed by atoms with Gasteiger partial charge in [0.1, 0.15) is 0 Å². The van der Waals surface area contributed by atoms with E-state index in [9.17, 15) is 9.90 Å². The van der Waals surface area contributed by atoms with Gasteiger partial charge in [0.05, 0.1) is 12.1 Å². The highest BCUT2D eigenvalue weighted by atomic mass is 16.3. The lowest BCUT2D eigenvalue weighted by Crippen LogP contribution is -2.51. The monoisotopic (exact) mass is 316 g/mol. The van der Waals surface area contributed by atoms with Crippen LogP contribution in [0.3, 0.4) is 0 Å². The second kappa shape index (κ2) is 7.02. The van der Waals surface area contributed by atoms with Gasteiger partial charge in [-0.05, 0) is 50.8 Å². The van der Waals surface area contributed by atoms with Crippen LogP contribution in [0.15, 0.2) is 30.3 Å². The molecule has 0 aromatic heterocycles. The molecule has 1 saturated carbocycles. The molecule has 3 rings (SSSR count). The molecule has 0 unspecified atom stereocenters. The molecule has 0 radical (unpaired) electrons. The van der Waals surface area contributed by atoms with Crippen LogP contribution >= 0.6 is 0 Å². The number of amides is 1. The number of hydrogen-bond donors (Lipinski definition) is 2. The van der Waals surface area contributed by atoms with Gasteiger partial charge in [0.25, 0.3) is 0 Å². The minimum absolute atomic E-state index is 0.0401. The number of nitrogens with zero attached hydrogens (tertiary/aromatic N) is 1. The summed E-state index contributed by atoms with van der Waals surface area (Å²) in [4.78, 5) is 15.1. The molecule has 0 spiro atoms. The Kier molecular flexibility index (Phi) is 5.02. The summed E-state index contributed by atoms with van der Waals surface area (Å²) in [7, 11) is 0. The molecule has 23 heavy (non-hydrogen) atoms. The molecule has 2 aliphatic rings. The van der Waals surface area contributed by atoms with E-state index in [1.165, 1.54) is 5.56 Å². The van der Waals surface area contributed by atoms with E-state index in [1.54, 1.807) is 0 Å². The van der Waals surface area contributed by atoms with Gasteiger partial charge in [0.15, 0.2) is 0 Å². The van der Waals surface area contributed by atoms with Crippen molar-refractivity contribution in [1.82, 2.24) is 10.2 Å². The van der Waals surface area contributed by atoms with Crippen LogP contribution in [0, 0.1) is 5.41 Å². The van der Waals surface area contributed by atoms with Crippen molar-refractivity contribution < 1.29 is 9.90 Å². The molecule has 1 aromatic rings. The zero-order valence-electron chi connectivity index (χ0n) is 14.0. The van der Waals surface area contributed by atoms with Crippen LogP contribution < -0.4 is 5.32 Å². The van der Waals surface area contributed by atoms with Crippen LogP contribution in [0.4, 0.5) is 0 Å². The molecule has 126 valence electrons. The van der Waals surface area contributed by atoms with Gasteiger partial charge < -0.3 is 10.4 Å². The number of hydrogen-bond acceptors (Lipinski definition) is 3. The van der Waals surface area contributed by atoms with E-state index in [1.807, 2.05) is 6.07 Å². The first-order valence-electron chi connectivity index (χ1n) is 8.82. The van der Waals surface area contributed by atoms with E-state index in [-0.39, 0.29) is 23.5 Å². The molecule has 1 aliphatic carbocycles. The standard InChI is InChI=1S/C19H28N2O2/c1-19(18(23)20-16-8-5-9-17(16)22)10-12-21(13-11-19)14-15-6-3-2-4-7-15/h2-4,6-7,16-17,22H,5,8-14H2,1H3,(H,20,23)/t16-,17+/m0/s1. The number of likely N-dealkylation sites (tertiary alicyclic amines) is 1. The summed E-state index contributed by atoms with van der Waals surface area (Å²) in [6.07, 6.45) is 4.13. The Morgan fingerprint density at radius 1 is 1.26 bits per heavy atom. The maximum absolute atomic E-state index is 12.6. The highest BCUT2D eigenvalue weighted by Crippen LogP contribution is 2.32. The van der Waals surface area contributed by atoms with E-state index in [2.05, 4.69) is 41.4 Å². The van der Waals surface area contributed by atoms with Crippen molar-refractivity contribution in [1.29, 1.82) is 0 Å². The third kappa shape index (κ3) is 3.93. The van der Waals surface area contributed by atoms with E-state index >= 15 is 0 Å². The Bertz CT molecular complexity index is 523. The average Bonchev–Trinajstić information content (AvgIpc) is 2.96. The van der Waals surface area contributed by atoms with Crippen molar-refractivity contribution in [3.63, 3.8) is 0 Å². The predicted molar refractivity (Wildman–Crippen MR) is 90.8 cm³/mol. The third-order valence-corrected chi connectivity index (χ3v) is 5.55. The van der Waals surface area contributed by atoms with Crippen LogP contribution in [0.25, 0.3) is 0 Å². The van der Waals surface area contributed by atoms with Crippen molar-refractivity contribution in [3.8, 4) is 0 Å². The van der Waals surface area contributed by atoms with Gasteiger partial charge in [0.2, 0.25) is 5.91 Å². The number of aliphatic hydroxyl groups excluding tert-OH is 1. The first-order valence-corrected chi connectivity index (χ1v) is 8.82. The normalized spacial score (nSPS) is 27.7. The van der Waals surface area contributed by atoms with Crippen molar-refractivity contribution in [2.45, 2.75) is 57.7 Å². The molecule has 1 aromatic carbocycles. The zero-order valence-corrected chi connectivity index (χ0v) is 14.0. The third-order valence-electron chi connectivity index (χ3n) is 5.55. The fourth-order valence-corrected chi connectivity index (χ4v) is 3.72. The number of nitrogens with one attached hydrogen (secondary N) is 1. The smallest absolute Gasteiger partial charge is 0.226 e. The van der Waals surface area contributed by atoms with Crippen LogP contribution in [0.1, 0.15) is 44.6 Å². The average molecular weight is 316 g/mol. The summed E-state index contributed by atoms with van der Waals surface area (Å²) >= 11 is 0. The molecule has 2 atom stereocenters. The van der Waals surface area contributed by atoms with Gasteiger partial charge in [-0.2, -0.15) is 0 Å². The van der Waals surface area contributed by atoms with Gasteiger partial charge in [0, 0.05) is 12.0 Å². The molecule has 1 aliphatic heterocycles. The number of carbonyl (C=O) groups is 1. The zero-order chi connectivity index (χ0) is 16.3. The lowest BCUT2D eigenvalue weighted by molar-refractivity contribution is -0.134. The van der Waals surface area contributed by atoms with Crippen molar-refractivity contribution in [2.75, 3.05) is 13.1 Å². The lowest BCUT2D eigenvalue weighted by atomic mass is 9.79. The van der Waals surface area contributed by atoms with Crippen LogP contribution in [0.5, 0.6) is 0 Å². The Labute approximate surface area is 138 Å².